The lowest BCUT2D eigenvalue weighted by Crippen LogP contribution is -2.47. The second kappa shape index (κ2) is 11.2. The number of nitrogens with one attached hydrogen (secondary N) is 1. The van der Waals surface area contributed by atoms with E-state index >= 15 is 0 Å². The van der Waals surface area contributed by atoms with Crippen molar-refractivity contribution in [1.82, 2.24) is 10.2 Å². The molecule has 0 radical (unpaired) electrons. The van der Waals surface area contributed by atoms with Gasteiger partial charge in [0.2, 0.25) is 11.8 Å². The van der Waals surface area contributed by atoms with E-state index in [1.807, 2.05) is 56.3 Å². The molecule has 0 unspecified atom stereocenters. The zero-order valence-electron chi connectivity index (χ0n) is 18.5. The first-order valence-corrected chi connectivity index (χ1v) is 10.2. The van der Waals surface area contributed by atoms with Crippen LogP contribution in [0.4, 0.5) is 0 Å². The fraction of sp³-hybridized carbons (Fsp3) is 0.417. The SMILES string of the molecule is CCNC(=O)[C@@H](C)N(Cc1cccc(C)c1)C(=O)CCc1ccc(OC)c(OC)c1. The van der Waals surface area contributed by atoms with Crippen LogP contribution < -0.4 is 14.8 Å². The van der Waals surface area contributed by atoms with E-state index in [0.29, 0.717) is 37.4 Å². The number of carbonyl (C=O) groups is 2. The molecule has 0 heterocycles. The van der Waals surface area contributed by atoms with Crippen LogP contribution in [-0.4, -0.2) is 43.5 Å². The van der Waals surface area contributed by atoms with Crippen LogP contribution in [0.15, 0.2) is 42.5 Å². The van der Waals surface area contributed by atoms with E-state index in [0.717, 1.165) is 16.7 Å². The molecular weight excluding hydrogens is 380 g/mol. The zero-order valence-corrected chi connectivity index (χ0v) is 18.5. The van der Waals surface area contributed by atoms with Crippen LogP contribution in [0.2, 0.25) is 0 Å². The molecule has 6 heteroatoms. The van der Waals surface area contributed by atoms with E-state index in [-0.39, 0.29) is 11.8 Å². The second-order valence-electron chi connectivity index (χ2n) is 7.27. The van der Waals surface area contributed by atoms with Crippen molar-refractivity contribution in [2.45, 2.75) is 46.2 Å². The maximum Gasteiger partial charge on any atom is 0.242 e. The number of amides is 2. The van der Waals surface area contributed by atoms with Gasteiger partial charge in [-0.2, -0.15) is 0 Å². The standard InChI is InChI=1S/C24H32N2O4/c1-6-25-24(28)18(3)26(16-20-9-7-8-17(2)14-20)23(27)13-11-19-10-12-21(29-4)22(15-19)30-5/h7-10,12,14-15,18H,6,11,13,16H2,1-5H3,(H,25,28)/t18-/m1/s1. The number of methoxy groups -OCH3 is 2. The summed E-state index contributed by atoms with van der Waals surface area (Å²) < 4.78 is 10.6. The van der Waals surface area contributed by atoms with Crippen molar-refractivity contribution in [3.8, 4) is 11.5 Å². The number of hydrogen-bond acceptors (Lipinski definition) is 4. The number of carbonyl (C=O) groups excluding carboxylic acids is 2. The Balaban J connectivity index is 2.16. The predicted molar refractivity (Wildman–Crippen MR) is 118 cm³/mol. The van der Waals surface area contributed by atoms with Crippen LogP contribution >= 0.6 is 0 Å². The van der Waals surface area contributed by atoms with Gasteiger partial charge in [0.25, 0.3) is 0 Å². The quantitative estimate of drug-likeness (QED) is 0.649. The van der Waals surface area contributed by atoms with Gasteiger partial charge in [-0.3, -0.25) is 9.59 Å². The minimum Gasteiger partial charge on any atom is -0.493 e. The lowest BCUT2D eigenvalue weighted by atomic mass is 10.1. The summed E-state index contributed by atoms with van der Waals surface area (Å²) >= 11 is 0. The molecule has 1 atom stereocenters. The monoisotopic (exact) mass is 412 g/mol. The summed E-state index contributed by atoms with van der Waals surface area (Å²) in [6.07, 6.45) is 0.844. The molecule has 2 aromatic rings. The molecule has 0 saturated heterocycles. The summed E-state index contributed by atoms with van der Waals surface area (Å²) in [7, 11) is 3.18. The van der Waals surface area contributed by atoms with Gasteiger partial charge in [-0.15, -0.1) is 0 Å². The smallest absolute Gasteiger partial charge is 0.242 e. The lowest BCUT2D eigenvalue weighted by Gasteiger charge is -2.29. The minimum absolute atomic E-state index is 0.0648. The van der Waals surface area contributed by atoms with Crippen molar-refractivity contribution in [2.75, 3.05) is 20.8 Å². The minimum atomic E-state index is -0.552. The normalized spacial score (nSPS) is 11.5. The van der Waals surface area contributed by atoms with E-state index in [2.05, 4.69) is 5.32 Å². The Kier molecular flexibility index (Phi) is 8.71. The predicted octanol–water partition coefficient (Wildman–Crippen LogP) is 3.50. The molecule has 0 bridgehead atoms. The molecule has 30 heavy (non-hydrogen) atoms. The van der Waals surface area contributed by atoms with E-state index in [4.69, 9.17) is 9.47 Å². The van der Waals surface area contributed by atoms with Gasteiger partial charge in [0, 0.05) is 19.5 Å². The van der Waals surface area contributed by atoms with Gasteiger partial charge >= 0.3 is 0 Å². The van der Waals surface area contributed by atoms with Crippen molar-refractivity contribution in [3.05, 3.63) is 59.2 Å². The van der Waals surface area contributed by atoms with Crippen LogP contribution in [0.5, 0.6) is 11.5 Å². The fourth-order valence-corrected chi connectivity index (χ4v) is 3.34. The van der Waals surface area contributed by atoms with E-state index in [9.17, 15) is 9.59 Å². The highest BCUT2D eigenvalue weighted by Crippen LogP contribution is 2.28. The zero-order chi connectivity index (χ0) is 22.1. The largest absolute Gasteiger partial charge is 0.493 e. The maximum absolute atomic E-state index is 13.1. The maximum atomic E-state index is 13.1. The Labute approximate surface area is 179 Å². The van der Waals surface area contributed by atoms with Gasteiger partial charge in [-0.1, -0.05) is 35.9 Å². The number of benzene rings is 2. The molecule has 0 aromatic heterocycles. The molecule has 0 fully saturated rings. The molecule has 162 valence electrons. The van der Waals surface area contributed by atoms with Gasteiger partial charge < -0.3 is 19.7 Å². The summed E-state index contributed by atoms with van der Waals surface area (Å²) in [4.78, 5) is 27.2. The summed E-state index contributed by atoms with van der Waals surface area (Å²) in [5.41, 5.74) is 3.10. The molecular formula is C24H32N2O4. The van der Waals surface area contributed by atoms with Gasteiger partial charge in [-0.05, 0) is 50.5 Å². The summed E-state index contributed by atoms with van der Waals surface area (Å²) in [5, 5.41) is 2.82. The topological polar surface area (TPSA) is 67.9 Å². The van der Waals surface area contributed by atoms with E-state index in [1.54, 1.807) is 26.0 Å². The molecule has 0 aliphatic rings. The first-order valence-electron chi connectivity index (χ1n) is 10.2. The average molecular weight is 413 g/mol. The molecule has 0 saturated carbocycles. The Morgan fingerprint density at radius 1 is 1.03 bits per heavy atom. The lowest BCUT2D eigenvalue weighted by molar-refractivity contribution is -0.140. The van der Waals surface area contributed by atoms with E-state index < -0.39 is 6.04 Å². The van der Waals surface area contributed by atoms with Crippen LogP contribution in [0.25, 0.3) is 0 Å². The third-order valence-electron chi connectivity index (χ3n) is 5.03. The molecule has 6 nitrogen and oxygen atoms in total. The Morgan fingerprint density at radius 2 is 1.77 bits per heavy atom. The molecule has 0 spiro atoms. The first-order chi connectivity index (χ1) is 14.4. The van der Waals surface area contributed by atoms with Gasteiger partial charge in [0.1, 0.15) is 6.04 Å². The number of hydrogen-bond donors (Lipinski definition) is 1. The number of likely N-dealkylation sites (N-methyl/N-ethyl adjacent to an activating group) is 1. The van der Waals surface area contributed by atoms with Gasteiger partial charge in [0.05, 0.1) is 14.2 Å². The summed E-state index contributed by atoms with van der Waals surface area (Å²) in [5.74, 6) is 1.07. The third kappa shape index (κ3) is 6.24. The second-order valence-corrected chi connectivity index (χ2v) is 7.27. The highest BCUT2D eigenvalue weighted by molar-refractivity contribution is 5.87. The van der Waals surface area contributed by atoms with Gasteiger partial charge in [0.15, 0.2) is 11.5 Å². The Morgan fingerprint density at radius 3 is 2.40 bits per heavy atom. The number of nitrogens with zero attached hydrogens (tertiary/aromatic N) is 1. The average Bonchev–Trinajstić information content (AvgIpc) is 2.75. The molecule has 2 aromatic carbocycles. The molecule has 0 aliphatic carbocycles. The molecule has 2 amide bonds. The van der Waals surface area contributed by atoms with Gasteiger partial charge in [-0.25, -0.2) is 0 Å². The molecule has 1 N–H and O–H groups in total. The highest BCUT2D eigenvalue weighted by atomic mass is 16.5. The van der Waals surface area contributed by atoms with Crippen molar-refractivity contribution in [1.29, 1.82) is 0 Å². The van der Waals surface area contributed by atoms with Crippen molar-refractivity contribution in [2.24, 2.45) is 0 Å². The van der Waals surface area contributed by atoms with Crippen molar-refractivity contribution in [3.63, 3.8) is 0 Å². The van der Waals surface area contributed by atoms with Crippen molar-refractivity contribution >= 4 is 11.8 Å². The number of aryl methyl sites for hydroxylation is 2. The third-order valence-corrected chi connectivity index (χ3v) is 5.03. The van der Waals surface area contributed by atoms with Crippen LogP contribution in [0.1, 0.15) is 37.0 Å². The summed E-state index contributed by atoms with van der Waals surface area (Å²) in [6.45, 7) is 6.58. The number of ether oxygens (including phenoxy) is 2. The van der Waals surface area contributed by atoms with Crippen LogP contribution in [-0.2, 0) is 22.6 Å². The van der Waals surface area contributed by atoms with Crippen molar-refractivity contribution < 1.29 is 19.1 Å². The Hall–Kier alpha value is -3.02. The van der Waals surface area contributed by atoms with Crippen LogP contribution in [0, 0.1) is 6.92 Å². The Bertz CT molecular complexity index is 866. The molecule has 0 aliphatic heterocycles. The van der Waals surface area contributed by atoms with E-state index in [1.165, 1.54) is 0 Å². The number of rotatable bonds is 10. The summed E-state index contributed by atoms with van der Waals surface area (Å²) in [6, 6.07) is 13.1. The highest BCUT2D eigenvalue weighted by Gasteiger charge is 2.25. The molecule has 2 rings (SSSR count). The van der Waals surface area contributed by atoms with Crippen LogP contribution in [0.3, 0.4) is 0 Å². The first kappa shape index (κ1) is 23.3. The fourth-order valence-electron chi connectivity index (χ4n) is 3.34.